The Balaban J connectivity index is 3.28. The monoisotopic (exact) mass is 1050 g/mol. The Morgan fingerprint density at radius 1 is 0.581 bits per heavy atom. The molecule has 1 aromatic rings. The lowest BCUT2D eigenvalue weighted by molar-refractivity contribution is -0.144. The van der Waals surface area contributed by atoms with Crippen LogP contribution in [-0.2, 0) is 59.2 Å². The van der Waals surface area contributed by atoms with Crippen molar-refractivity contribution in [2.75, 3.05) is 13.1 Å². The predicted octanol–water partition coefficient (Wildman–Crippen LogP) is -4.53. The van der Waals surface area contributed by atoms with Crippen LogP contribution in [0.25, 0.3) is 0 Å². The molecule has 0 radical (unpaired) electrons. The van der Waals surface area contributed by atoms with Gasteiger partial charge in [0.15, 0.2) is 5.96 Å². The van der Waals surface area contributed by atoms with E-state index in [0.717, 1.165) is 12.5 Å². The van der Waals surface area contributed by atoms with E-state index in [9.17, 15) is 63.0 Å². The molecule has 74 heavy (non-hydrogen) atoms. The summed E-state index contributed by atoms with van der Waals surface area (Å²) in [6.45, 7) is 10.5. The minimum Gasteiger partial charge on any atom is -0.480 e. The van der Waals surface area contributed by atoms with Gasteiger partial charge in [-0.15, -0.1) is 0 Å². The molecule has 0 aliphatic rings. The summed E-state index contributed by atoms with van der Waals surface area (Å²) in [4.78, 5) is 148. The van der Waals surface area contributed by atoms with E-state index in [0.29, 0.717) is 12.8 Å². The second kappa shape index (κ2) is 32.6. The zero-order valence-corrected chi connectivity index (χ0v) is 43.1. The fraction of sp³-hybridized carbons (Fsp3) is 0.617. The molecule has 0 heterocycles. The third-order valence-electron chi connectivity index (χ3n) is 11.7. The van der Waals surface area contributed by atoms with Crippen molar-refractivity contribution in [3.8, 4) is 0 Å². The van der Waals surface area contributed by atoms with E-state index in [1.165, 1.54) is 0 Å². The van der Waals surface area contributed by atoms with Gasteiger partial charge in [-0.2, -0.15) is 0 Å². The number of primary amides is 2. The first kappa shape index (κ1) is 64.6. The van der Waals surface area contributed by atoms with Crippen LogP contribution in [0.5, 0.6) is 0 Å². The second-order valence-corrected chi connectivity index (χ2v) is 18.5. The molecule has 0 fully saturated rings. The SMILES string of the molecule is CC[C@H](C)[C@H](NC(=O)[C@@H](NC(=O)[C@@H](NC(=O)[C@H](CC(N)=O)NC(=O)[C@H](CC(C)C)NC(=O)CNC(=O)[C@H](CCCN=C(N)N)NC(=O)[C@H](CC(N)=O)NC(=O)[C@@H](N)Cc1ccccc1)[C@@H](C)O)[C@@H](C)CC)C(=O)O. The van der Waals surface area contributed by atoms with Gasteiger partial charge in [0.25, 0.3) is 0 Å². The molecule has 0 saturated carbocycles. The largest absolute Gasteiger partial charge is 0.480 e. The maximum atomic E-state index is 13.8. The van der Waals surface area contributed by atoms with Gasteiger partial charge in [-0.3, -0.25) is 52.9 Å². The molecule has 27 nitrogen and oxygen atoms in total. The molecule has 0 unspecified atom stereocenters. The number of aliphatic hydroxyl groups excluding tert-OH is 1. The van der Waals surface area contributed by atoms with Crippen LogP contribution in [0.3, 0.4) is 0 Å². The van der Waals surface area contributed by atoms with Crippen molar-refractivity contribution in [2.24, 2.45) is 51.4 Å². The van der Waals surface area contributed by atoms with E-state index in [1.807, 2.05) is 0 Å². The van der Waals surface area contributed by atoms with Crippen molar-refractivity contribution < 1.29 is 63.0 Å². The quantitative estimate of drug-likeness (QED) is 0.0176. The van der Waals surface area contributed by atoms with Crippen LogP contribution in [0.4, 0.5) is 0 Å². The van der Waals surface area contributed by atoms with E-state index >= 15 is 0 Å². The lowest BCUT2D eigenvalue weighted by Crippen LogP contribution is -2.62. The molecule has 10 amide bonds. The van der Waals surface area contributed by atoms with Gasteiger partial charge in [0.05, 0.1) is 31.5 Å². The van der Waals surface area contributed by atoms with Crippen LogP contribution < -0.4 is 71.2 Å². The van der Waals surface area contributed by atoms with Gasteiger partial charge in [0.2, 0.25) is 59.1 Å². The first-order valence-corrected chi connectivity index (χ1v) is 24.3. The topological polar surface area (TPSA) is 467 Å². The number of nitrogens with one attached hydrogen (secondary N) is 8. The average molecular weight is 1050 g/mol. The van der Waals surface area contributed by atoms with Gasteiger partial charge in [0.1, 0.15) is 42.3 Å². The summed E-state index contributed by atoms with van der Waals surface area (Å²) in [6, 6.07) is -2.98. The van der Waals surface area contributed by atoms with E-state index in [1.54, 1.807) is 71.9 Å². The molecule has 1 rings (SSSR count). The Bertz CT molecular complexity index is 2120. The third-order valence-corrected chi connectivity index (χ3v) is 11.7. The number of hydrogen-bond acceptors (Lipinski definition) is 14. The van der Waals surface area contributed by atoms with Crippen molar-refractivity contribution in [1.82, 2.24) is 42.5 Å². The van der Waals surface area contributed by atoms with Crippen LogP contribution in [0.15, 0.2) is 35.3 Å². The normalized spacial score (nSPS) is 15.5. The molecule has 414 valence electrons. The van der Waals surface area contributed by atoms with Gasteiger partial charge in [-0.05, 0) is 55.9 Å². The van der Waals surface area contributed by atoms with Crippen molar-refractivity contribution in [3.05, 3.63) is 35.9 Å². The molecule has 11 atom stereocenters. The number of nitrogens with two attached hydrogens (primary N) is 5. The Morgan fingerprint density at radius 2 is 1.05 bits per heavy atom. The Hall–Kier alpha value is -7.42. The highest BCUT2D eigenvalue weighted by molar-refractivity contribution is 5.99. The number of amides is 10. The second-order valence-electron chi connectivity index (χ2n) is 18.5. The van der Waals surface area contributed by atoms with Crippen LogP contribution in [0.2, 0.25) is 0 Å². The average Bonchev–Trinajstić information content (AvgIpc) is 3.32. The minimum atomic E-state index is -1.79. The molecule has 20 N–H and O–H groups in total. The highest BCUT2D eigenvalue weighted by atomic mass is 16.4. The number of aliphatic hydroxyl groups is 1. The first-order valence-electron chi connectivity index (χ1n) is 24.3. The maximum Gasteiger partial charge on any atom is 0.326 e. The van der Waals surface area contributed by atoms with Crippen LogP contribution >= 0.6 is 0 Å². The van der Waals surface area contributed by atoms with Crippen LogP contribution in [0.1, 0.15) is 99.0 Å². The van der Waals surface area contributed by atoms with E-state index in [-0.39, 0.29) is 44.1 Å². The number of carbonyl (C=O) groups excluding carboxylic acids is 10. The Kier molecular flexibility index (Phi) is 28.5. The predicted molar refractivity (Wildman–Crippen MR) is 270 cm³/mol. The standard InChI is InChI=1S/C47H78N14O13/c1-8-24(5)36(44(71)60-37(46(73)74)25(6)9-2)59-45(72)38(26(7)62)61-43(70)32(21-34(50)64)58-41(68)30(18-23(3)4)55-35(65)22-54-40(67)29(16-13-17-53-47(51)52)56-42(69)31(20-33(49)63)57-39(66)28(48)19-27-14-11-10-12-15-27/h10-12,14-15,23-26,28-32,36-38,62H,8-9,13,16-22,48H2,1-7H3,(H2,49,63)(H2,50,64)(H,54,67)(H,55,65)(H,56,69)(H,57,66)(H,58,68)(H,59,72)(H,60,71)(H,61,70)(H,73,74)(H4,51,52,53)/t24-,25-,26+,28-,29-,30-,31-,32-,36-,37-,38-/m0/s1. The summed E-state index contributed by atoms with van der Waals surface area (Å²) < 4.78 is 0. The van der Waals surface area contributed by atoms with Gasteiger partial charge in [-0.1, -0.05) is 84.7 Å². The van der Waals surface area contributed by atoms with Gasteiger partial charge >= 0.3 is 5.97 Å². The minimum absolute atomic E-state index is 0.0124. The van der Waals surface area contributed by atoms with E-state index in [2.05, 4.69) is 47.5 Å². The number of carboxylic acid groups (broad SMARTS) is 1. The van der Waals surface area contributed by atoms with Crippen molar-refractivity contribution >= 4 is 71.0 Å². The number of hydrogen-bond donors (Lipinski definition) is 15. The zero-order chi connectivity index (χ0) is 56.4. The molecular formula is C47H78N14O13. The first-order chi connectivity index (χ1) is 34.6. The van der Waals surface area contributed by atoms with Crippen LogP contribution in [0, 0.1) is 17.8 Å². The molecule has 0 saturated heterocycles. The van der Waals surface area contributed by atoms with Crippen molar-refractivity contribution in [2.45, 2.75) is 154 Å². The van der Waals surface area contributed by atoms with Gasteiger partial charge in [0, 0.05) is 6.54 Å². The number of carbonyl (C=O) groups is 11. The summed E-state index contributed by atoms with van der Waals surface area (Å²) in [5.41, 5.74) is 28.4. The number of carboxylic acids is 1. The lowest BCUT2D eigenvalue weighted by Gasteiger charge is -2.30. The third kappa shape index (κ3) is 23.9. The molecule has 0 spiro atoms. The van der Waals surface area contributed by atoms with Gasteiger partial charge in [-0.25, -0.2) is 4.79 Å². The number of aliphatic carboxylic acids is 1. The van der Waals surface area contributed by atoms with E-state index < -0.39 is 151 Å². The fourth-order valence-corrected chi connectivity index (χ4v) is 7.15. The highest BCUT2D eigenvalue weighted by Crippen LogP contribution is 2.14. The summed E-state index contributed by atoms with van der Waals surface area (Å²) in [5.74, 6) is -12.6. The lowest BCUT2D eigenvalue weighted by atomic mass is 9.95. The molecule has 0 aliphatic heterocycles. The Labute approximate surface area is 430 Å². The number of guanidine groups is 1. The fourth-order valence-electron chi connectivity index (χ4n) is 7.15. The number of nitrogens with zero attached hydrogens (tertiary/aromatic N) is 1. The number of rotatable bonds is 34. The summed E-state index contributed by atoms with van der Waals surface area (Å²) >= 11 is 0. The zero-order valence-electron chi connectivity index (χ0n) is 43.1. The Morgan fingerprint density at radius 3 is 1.55 bits per heavy atom. The number of aliphatic imine (C=N–C) groups is 1. The highest BCUT2D eigenvalue weighted by Gasteiger charge is 2.37. The molecule has 0 aromatic heterocycles. The molecule has 0 bridgehead atoms. The van der Waals surface area contributed by atoms with E-state index in [4.69, 9.17) is 28.7 Å². The maximum absolute atomic E-state index is 13.8. The van der Waals surface area contributed by atoms with Gasteiger partial charge < -0.3 is 81.4 Å². The smallest absolute Gasteiger partial charge is 0.326 e. The molecule has 0 aliphatic carbocycles. The van der Waals surface area contributed by atoms with Crippen molar-refractivity contribution in [1.29, 1.82) is 0 Å². The van der Waals surface area contributed by atoms with Crippen molar-refractivity contribution in [3.63, 3.8) is 0 Å². The summed E-state index contributed by atoms with van der Waals surface area (Å²) in [6.07, 6.45) is -2.36. The summed E-state index contributed by atoms with van der Waals surface area (Å²) in [7, 11) is 0. The van der Waals surface area contributed by atoms with Crippen LogP contribution in [-0.4, -0.2) is 149 Å². The summed E-state index contributed by atoms with van der Waals surface area (Å²) in [5, 5.41) is 39.6. The molecule has 1 aromatic carbocycles. The number of benzene rings is 1. The molecule has 27 heteroatoms. The molecular weight excluding hydrogens is 969 g/mol.